The van der Waals surface area contributed by atoms with Crippen molar-refractivity contribution in [3.8, 4) is 0 Å². The number of anilines is 2. The molecule has 1 fully saturated rings. The van der Waals surface area contributed by atoms with Gasteiger partial charge in [-0.25, -0.2) is 4.98 Å². The maximum atomic E-state index is 11.4. The van der Waals surface area contributed by atoms with Crippen LogP contribution in [0, 0.1) is 0 Å². The van der Waals surface area contributed by atoms with Crippen molar-refractivity contribution < 1.29 is 9.59 Å². The van der Waals surface area contributed by atoms with Crippen LogP contribution in [0.3, 0.4) is 0 Å². The van der Waals surface area contributed by atoms with E-state index in [-0.39, 0.29) is 12.3 Å². The fourth-order valence-corrected chi connectivity index (χ4v) is 3.00. The van der Waals surface area contributed by atoms with Gasteiger partial charge >= 0.3 is 0 Å². The second-order valence-electron chi connectivity index (χ2n) is 6.24. The first-order chi connectivity index (χ1) is 12.1. The Bertz CT molecular complexity index is 751. The molecule has 2 aromatic heterocycles. The van der Waals surface area contributed by atoms with Crippen molar-refractivity contribution in [3.05, 3.63) is 24.5 Å². The molecule has 8 heteroatoms. The molecule has 8 nitrogen and oxygen atoms in total. The number of aromatic nitrogens is 2. The Balaban J connectivity index is 1.79. The number of hydrogen-bond acceptors (Lipinski definition) is 5. The number of carbonyl (C=O) groups is 2. The lowest BCUT2D eigenvalue weighted by Gasteiger charge is -2.34. The van der Waals surface area contributed by atoms with E-state index in [0.29, 0.717) is 12.4 Å². The average Bonchev–Trinajstić information content (AvgIpc) is 3.06. The number of hydrogen-bond donors (Lipinski definition) is 1. The molecule has 0 saturated carbocycles. The van der Waals surface area contributed by atoms with E-state index >= 15 is 0 Å². The van der Waals surface area contributed by atoms with Gasteiger partial charge in [-0.1, -0.05) is 0 Å². The van der Waals surface area contributed by atoms with Gasteiger partial charge < -0.3 is 15.1 Å². The maximum Gasteiger partial charge on any atom is 0.221 e. The number of fused-ring (bicyclic) bond motifs is 1. The van der Waals surface area contributed by atoms with Gasteiger partial charge in [0.1, 0.15) is 11.5 Å². The summed E-state index contributed by atoms with van der Waals surface area (Å²) in [5, 5.41) is 2.56. The highest BCUT2D eigenvalue weighted by molar-refractivity contribution is 5.79. The number of piperazine rings is 1. The molecule has 2 aromatic rings. The molecular formula is C17H24N6O2. The minimum absolute atomic E-state index is 0.0991. The second kappa shape index (κ2) is 7.52. The number of imidazole rings is 1. The number of amides is 2. The van der Waals surface area contributed by atoms with Crippen molar-refractivity contribution in [1.82, 2.24) is 19.6 Å². The lowest BCUT2D eigenvalue weighted by Crippen LogP contribution is -2.44. The molecule has 3 heterocycles. The SMILES string of the molecule is CNC(=O)CCN(C=O)c1cnc2cc(N3CCN(C)CC3)ccn12. The Labute approximate surface area is 147 Å². The molecular weight excluding hydrogens is 320 g/mol. The molecule has 25 heavy (non-hydrogen) atoms. The Morgan fingerprint density at radius 2 is 2.12 bits per heavy atom. The Hall–Kier alpha value is -2.61. The lowest BCUT2D eigenvalue weighted by atomic mass is 10.3. The molecule has 0 radical (unpaired) electrons. The van der Waals surface area contributed by atoms with Crippen LogP contribution in [0.15, 0.2) is 24.5 Å². The normalized spacial score (nSPS) is 15.4. The highest BCUT2D eigenvalue weighted by Gasteiger charge is 2.17. The quantitative estimate of drug-likeness (QED) is 0.757. The number of carbonyl (C=O) groups excluding carboxylic acids is 2. The zero-order chi connectivity index (χ0) is 17.8. The summed E-state index contributed by atoms with van der Waals surface area (Å²) in [4.78, 5) is 33.5. The molecule has 0 unspecified atom stereocenters. The second-order valence-corrected chi connectivity index (χ2v) is 6.24. The van der Waals surface area contributed by atoms with Gasteiger partial charge in [0.25, 0.3) is 0 Å². The minimum atomic E-state index is -0.0991. The summed E-state index contributed by atoms with van der Waals surface area (Å²) in [5.41, 5.74) is 1.93. The highest BCUT2D eigenvalue weighted by Crippen LogP contribution is 2.22. The summed E-state index contributed by atoms with van der Waals surface area (Å²) < 4.78 is 1.87. The first-order valence-electron chi connectivity index (χ1n) is 8.45. The number of nitrogens with one attached hydrogen (secondary N) is 1. The van der Waals surface area contributed by atoms with E-state index < -0.39 is 0 Å². The van der Waals surface area contributed by atoms with Crippen LogP contribution in [0.5, 0.6) is 0 Å². The van der Waals surface area contributed by atoms with Gasteiger partial charge in [0.2, 0.25) is 12.3 Å². The third-order valence-corrected chi connectivity index (χ3v) is 4.63. The minimum Gasteiger partial charge on any atom is -0.369 e. The van der Waals surface area contributed by atoms with E-state index in [1.54, 1.807) is 13.2 Å². The summed E-state index contributed by atoms with van der Waals surface area (Å²) in [5.74, 6) is 0.567. The number of pyridine rings is 1. The molecule has 0 atom stereocenters. The molecule has 1 saturated heterocycles. The molecule has 2 amide bonds. The van der Waals surface area contributed by atoms with Gasteiger partial charge in [-0.15, -0.1) is 0 Å². The Morgan fingerprint density at radius 1 is 1.36 bits per heavy atom. The van der Waals surface area contributed by atoms with Gasteiger partial charge in [-0.2, -0.15) is 0 Å². The van der Waals surface area contributed by atoms with Gasteiger partial charge in [0.15, 0.2) is 0 Å². The number of nitrogens with zero attached hydrogens (tertiary/aromatic N) is 5. The zero-order valence-corrected chi connectivity index (χ0v) is 14.7. The monoisotopic (exact) mass is 344 g/mol. The average molecular weight is 344 g/mol. The number of likely N-dealkylation sites (N-methyl/N-ethyl adjacent to an activating group) is 1. The fourth-order valence-electron chi connectivity index (χ4n) is 3.00. The van der Waals surface area contributed by atoms with E-state index in [2.05, 4.69) is 27.1 Å². The molecule has 0 bridgehead atoms. The van der Waals surface area contributed by atoms with E-state index in [1.165, 1.54) is 4.90 Å². The van der Waals surface area contributed by atoms with Crippen LogP contribution >= 0.6 is 0 Å². The Kier molecular flexibility index (Phi) is 5.18. The predicted molar refractivity (Wildman–Crippen MR) is 97.0 cm³/mol. The largest absolute Gasteiger partial charge is 0.369 e. The number of rotatable bonds is 6. The molecule has 0 aliphatic carbocycles. The lowest BCUT2D eigenvalue weighted by molar-refractivity contribution is -0.120. The maximum absolute atomic E-state index is 11.4. The van der Waals surface area contributed by atoms with Crippen LogP contribution in [0.25, 0.3) is 5.65 Å². The van der Waals surface area contributed by atoms with Crippen molar-refractivity contribution in [3.63, 3.8) is 0 Å². The topological polar surface area (TPSA) is 73.2 Å². The van der Waals surface area contributed by atoms with Crippen LogP contribution in [-0.4, -0.2) is 73.4 Å². The zero-order valence-electron chi connectivity index (χ0n) is 14.7. The first-order valence-corrected chi connectivity index (χ1v) is 8.45. The van der Waals surface area contributed by atoms with E-state index in [4.69, 9.17) is 0 Å². The summed E-state index contributed by atoms with van der Waals surface area (Å²) in [6.45, 7) is 4.39. The van der Waals surface area contributed by atoms with Gasteiger partial charge in [0.05, 0.1) is 6.20 Å². The molecule has 0 spiro atoms. The summed E-state index contributed by atoms with van der Waals surface area (Å²) in [7, 11) is 3.72. The van der Waals surface area contributed by atoms with E-state index in [9.17, 15) is 9.59 Å². The van der Waals surface area contributed by atoms with Crippen LogP contribution in [0.4, 0.5) is 11.5 Å². The van der Waals surface area contributed by atoms with Gasteiger partial charge in [-0.3, -0.25) is 18.9 Å². The van der Waals surface area contributed by atoms with Gasteiger partial charge in [-0.05, 0) is 13.1 Å². The summed E-state index contributed by atoms with van der Waals surface area (Å²) in [6.07, 6.45) is 4.59. The van der Waals surface area contributed by atoms with Crippen molar-refractivity contribution in [1.29, 1.82) is 0 Å². The fraction of sp³-hybridized carbons (Fsp3) is 0.471. The molecule has 0 aromatic carbocycles. The highest BCUT2D eigenvalue weighted by atomic mass is 16.2. The summed E-state index contributed by atoms with van der Waals surface area (Å²) >= 11 is 0. The van der Waals surface area contributed by atoms with Crippen LogP contribution in [-0.2, 0) is 9.59 Å². The smallest absolute Gasteiger partial charge is 0.221 e. The van der Waals surface area contributed by atoms with Gasteiger partial charge in [0, 0.05) is 64.1 Å². The molecule has 1 aliphatic rings. The van der Waals surface area contributed by atoms with E-state index in [1.807, 2.05) is 22.7 Å². The van der Waals surface area contributed by atoms with Crippen molar-refractivity contribution >= 4 is 29.5 Å². The standard InChI is InChI=1S/C17H24N6O2/c1-18-16(25)4-5-22(13-24)17-12-19-15-11-14(3-6-23(15)17)21-9-7-20(2)8-10-21/h3,6,11-13H,4-5,7-10H2,1-2H3,(H,18,25). The third kappa shape index (κ3) is 3.74. The predicted octanol–water partition coefficient (Wildman–Crippen LogP) is 0.185. The summed E-state index contributed by atoms with van der Waals surface area (Å²) in [6, 6.07) is 4.09. The van der Waals surface area contributed by atoms with Crippen molar-refractivity contribution in [2.24, 2.45) is 0 Å². The van der Waals surface area contributed by atoms with Crippen LogP contribution < -0.4 is 15.1 Å². The van der Waals surface area contributed by atoms with Crippen molar-refractivity contribution in [2.45, 2.75) is 6.42 Å². The molecule has 3 rings (SSSR count). The van der Waals surface area contributed by atoms with Crippen LogP contribution in [0.1, 0.15) is 6.42 Å². The molecule has 134 valence electrons. The van der Waals surface area contributed by atoms with E-state index in [0.717, 1.165) is 43.9 Å². The Morgan fingerprint density at radius 3 is 2.80 bits per heavy atom. The van der Waals surface area contributed by atoms with Crippen molar-refractivity contribution in [2.75, 3.05) is 56.6 Å². The molecule has 1 N–H and O–H groups in total. The van der Waals surface area contributed by atoms with Crippen LogP contribution in [0.2, 0.25) is 0 Å². The third-order valence-electron chi connectivity index (χ3n) is 4.63. The first kappa shape index (κ1) is 17.2. The molecule has 1 aliphatic heterocycles.